The fourth-order valence-electron chi connectivity index (χ4n) is 5.17. The highest BCUT2D eigenvalue weighted by atomic mass is 35.5. The normalized spacial score (nSPS) is 22.6. The lowest BCUT2D eigenvalue weighted by Crippen LogP contribution is -2.42. The van der Waals surface area contributed by atoms with Crippen LogP contribution < -0.4 is 19.5 Å². The minimum absolute atomic E-state index is 0.0257. The van der Waals surface area contributed by atoms with Gasteiger partial charge < -0.3 is 24.3 Å². The van der Waals surface area contributed by atoms with Crippen LogP contribution in [0.5, 0.6) is 17.2 Å². The van der Waals surface area contributed by atoms with Crippen LogP contribution in [0.25, 0.3) is 0 Å². The van der Waals surface area contributed by atoms with Gasteiger partial charge in [0, 0.05) is 10.9 Å². The van der Waals surface area contributed by atoms with Gasteiger partial charge in [0.1, 0.15) is 18.5 Å². The number of carbonyl (C=O) groups is 1. The van der Waals surface area contributed by atoms with E-state index in [1.807, 2.05) is 54.6 Å². The molecule has 2 aliphatic heterocycles. The SMILES string of the molecule is CC(C)[C@@H]1C[C@H](c2ccc(Cl)cc2)CO[C@H]1c1cccc(OCC(=O)NCC2COc3ccccc3O2)c1. The first-order chi connectivity index (χ1) is 18.5. The van der Waals surface area contributed by atoms with Gasteiger partial charge in [-0.05, 0) is 65.8 Å². The fraction of sp³-hybridized carbons (Fsp3) is 0.387. The maximum Gasteiger partial charge on any atom is 0.258 e. The quantitative estimate of drug-likeness (QED) is 0.372. The van der Waals surface area contributed by atoms with Crippen molar-refractivity contribution in [2.45, 2.75) is 38.4 Å². The Hall–Kier alpha value is -3.22. The topological polar surface area (TPSA) is 66.0 Å². The van der Waals surface area contributed by atoms with E-state index >= 15 is 0 Å². The zero-order valence-corrected chi connectivity index (χ0v) is 22.5. The monoisotopic (exact) mass is 535 g/mol. The first-order valence-electron chi connectivity index (χ1n) is 13.2. The number of halogens is 1. The zero-order chi connectivity index (χ0) is 26.5. The minimum atomic E-state index is -0.245. The second-order valence-corrected chi connectivity index (χ2v) is 10.7. The Morgan fingerprint density at radius 2 is 1.79 bits per heavy atom. The summed E-state index contributed by atoms with van der Waals surface area (Å²) >= 11 is 6.08. The van der Waals surface area contributed by atoms with E-state index in [1.54, 1.807) is 0 Å². The molecule has 0 aliphatic carbocycles. The number of amides is 1. The zero-order valence-electron chi connectivity index (χ0n) is 21.8. The summed E-state index contributed by atoms with van der Waals surface area (Å²) in [7, 11) is 0. The summed E-state index contributed by atoms with van der Waals surface area (Å²) in [4.78, 5) is 12.5. The highest BCUT2D eigenvalue weighted by Gasteiger charge is 2.35. The first kappa shape index (κ1) is 26.4. The second-order valence-electron chi connectivity index (χ2n) is 10.3. The van der Waals surface area contributed by atoms with Crippen molar-refractivity contribution in [2.24, 2.45) is 11.8 Å². The van der Waals surface area contributed by atoms with Crippen LogP contribution in [0.1, 0.15) is 43.4 Å². The molecular weight excluding hydrogens is 502 g/mol. The molecule has 1 unspecified atom stereocenters. The van der Waals surface area contributed by atoms with Crippen LogP contribution in [0.15, 0.2) is 72.8 Å². The first-order valence-corrected chi connectivity index (χ1v) is 13.6. The lowest BCUT2D eigenvalue weighted by molar-refractivity contribution is -0.123. The second kappa shape index (κ2) is 12.1. The van der Waals surface area contributed by atoms with Gasteiger partial charge in [-0.2, -0.15) is 0 Å². The van der Waals surface area contributed by atoms with Crippen molar-refractivity contribution in [1.82, 2.24) is 5.32 Å². The molecule has 1 N–H and O–H groups in total. The van der Waals surface area contributed by atoms with Crippen LogP contribution in [-0.2, 0) is 9.53 Å². The van der Waals surface area contributed by atoms with E-state index in [1.165, 1.54) is 5.56 Å². The third kappa shape index (κ3) is 6.43. The van der Waals surface area contributed by atoms with Crippen molar-refractivity contribution >= 4 is 17.5 Å². The Bertz CT molecular complexity index is 1230. The number of hydrogen-bond acceptors (Lipinski definition) is 5. The van der Waals surface area contributed by atoms with E-state index in [9.17, 15) is 4.79 Å². The van der Waals surface area contributed by atoms with Gasteiger partial charge in [0.2, 0.25) is 0 Å². The minimum Gasteiger partial charge on any atom is -0.486 e. The van der Waals surface area contributed by atoms with Gasteiger partial charge >= 0.3 is 0 Å². The van der Waals surface area contributed by atoms with E-state index in [4.69, 9.17) is 30.5 Å². The van der Waals surface area contributed by atoms with Crippen molar-refractivity contribution in [1.29, 1.82) is 0 Å². The molecule has 7 heteroatoms. The molecule has 3 aromatic carbocycles. The molecule has 3 aromatic rings. The number of ether oxygens (including phenoxy) is 4. The summed E-state index contributed by atoms with van der Waals surface area (Å²) in [6, 6.07) is 23.5. The summed E-state index contributed by atoms with van der Waals surface area (Å²) in [6.07, 6.45) is 0.766. The highest BCUT2D eigenvalue weighted by molar-refractivity contribution is 6.30. The Labute approximate surface area is 229 Å². The van der Waals surface area contributed by atoms with E-state index in [0.717, 1.165) is 22.8 Å². The van der Waals surface area contributed by atoms with Crippen LogP contribution in [0.2, 0.25) is 5.02 Å². The van der Waals surface area contributed by atoms with E-state index in [2.05, 4.69) is 37.4 Å². The Morgan fingerprint density at radius 3 is 2.58 bits per heavy atom. The molecule has 0 saturated carbocycles. The Balaban J connectivity index is 1.14. The van der Waals surface area contributed by atoms with E-state index in [-0.39, 0.29) is 24.7 Å². The maximum atomic E-state index is 12.5. The van der Waals surface area contributed by atoms with E-state index in [0.29, 0.717) is 49.0 Å². The van der Waals surface area contributed by atoms with Gasteiger partial charge in [-0.25, -0.2) is 0 Å². The average Bonchev–Trinajstić information content (AvgIpc) is 2.95. The van der Waals surface area contributed by atoms with Gasteiger partial charge in [-0.3, -0.25) is 4.79 Å². The van der Waals surface area contributed by atoms with Crippen molar-refractivity contribution < 1.29 is 23.7 Å². The summed E-state index contributed by atoms with van der Waals surface area (Å²) in [5.41, 5.74) is 2.33. The summed E-state index contributed by atoms with van der Waals surface area (Å²) in [5, 5.41) is 3.62. The predicted molar refractivity (Wildman–Crippen MR) is 147 cm³/mol. The van der Waals surface area contributed by atoms with Crippen molar-refractivity contribution in [2.75, 3.05) is 26.4 Å². The van der Waals surface area contributed by atoms with Gasteiger partial charge in [-0.15, -0.1) is 0 Å². The van der Waals surface area contributed by atoms with Crippen molar-refractivity contribution in [3.8, 4) is 17.2 Å². The van der Waals surface area contributed by atoms with Gasteiger partial charge in [0.15, 0.2) is 18.1 Å². The summed E-state index contributed by atoms with van der Waals surface area (Å²) in [5.74, 6) is 2.99. The summed E-state index contributed by atoms with van der Waals surface area (Å²) in [6.45, 7) is 5.80. The van der Waals surface area contributed by atoms with Crippen LogP contribution in [-0.4, -0.2) is 38.4 Å². The Kier molecular flexibility index (Phi) is 8.40. The molecule has 6 nitrogen and oxygen atoms in total. The number of fused-ring (bicyclic) bond motifs is 1. The molecule has 1 saturated heterocycles. The molecule has 0 bridgehead atoms. The van der Waals surface area contributed by atoms with Gasteiger partial charge in [-0.1, -0.05) is 61.8 Å². The number of carbonyl (C=O) groups excluding carboxylic acids is 1. The number of rotatable bonds is 8. The number of hydrogen-bond donors (Lipinski definition) is 1. The van der Waals surface area contributed by atoms with Gasteiger partial charge in [0.25, 0.3) is 5.91 Å². The fourth-order valence-corrected chi connectivity index (χ4v) is 5.29. The average molecular weight is 536 g/mol. The van der Waals surface area contributed by atoms with Crippen molar-refractivity contribution in [3.63, 3.8) is 0 Å². The highest BCUT2D eigenvalue weighted by Crippen LogP contribution is 2.44. The predicted octanol–water partition coefficient (Wildman–Crippen LogP) is 6.19. The molecule has 2 heterocycles. The molecular formula is C31H34ClNO5. The molecule has 2 aliphatic rings. The molecule has 1 fully saturated rings. The smallest absolute Gasteiger partial charge is 0.258 e. The van der Waals surface area contributed by atoms with Crippen LogP contribution in [0.4, 0.5) is 0 Å². The lowest BCUT2D eigenvalue weighted by atomic mass is 9.76. The third-order valence-corrected chi connectivity index (χ3v) is 7.52. The van der Waals surface area contributed by atoms with Crippen LogP contribution in [0, 0.1) is 11.8 Å². The van der Waals surface area contributed by atoms with E-state index < -0.39 is 0 Å². The van der Waals surface area contributed by atoms with Crippen molar-refractivity contribution in [3.05, 3.63) is 88.9 Å². The van der Waals surface area contributed by atoms with Crippen LogP contribution in [0.3, 0.4) is 0 Å². The molecule has 0 spiro atoms. The molecule has 4 atom stereocenters. The number of nitrogens with one attached hydrogen (secondary N) is 1. The molecule has 0 aromatic heterocycles. The number of para-hydroxylation sites is 2. The summed E-state index contributed by atoms with van der Waals surface area (Å²) < 4.78 is 23.9. The molecule has 200 valence electrons. The molecule has 38 heavy (non-hydrogen) atoms. The lowest BCUT2D eigenvalue weighted by Gasteiger charge is -2.39. The standard InChI is InChI=1S/C31H34ClNO5/c1-20(2)27-15-23(21-10-12-24(32)13-11-21)17-37-31(27)22-6-5-7-25(14-22)35-19-30(34)33-16-26-18-36-28-8-3-4-9-29(28)38-26/h3-14,20,23,26-27,31H,15-19H2,1-2H3,(H,33,34)/t23-,26?,27-,31-/m0/s1. The van der Waals surface area contributed by atoms with Crippen LogP contribution >= 0.6 is 11.6 Å². The third-order valence-electron chi connectivity index (χ3n) is 7.27. The Morgan fingerprint density at radius 1 is 1.00 bits per heavy atom. The largest absolute Gasteiger partial charge is 0.486 e. The molecule has 0 radical (unpaired) electrons. The number of benzene rings is 3. The molecule has 1 amide bonds. The van der Waals surface area contributed by atoms with Gasteiger partial charge in [0.05, 0.1) is 19.3 Å². The molecule has 5 rings (SSSR count). The maximum absolute atomic E-state index is 12.5.